The van der Waals surface area contributed by atoms with Crippen molar-refractivity contribution in [2.45, 2.75) is 57.6 Å². The quantitative estimate of drug-likeness (QED) is 0.299. The van der Waals surface area contributed by atoms with Crippen molar-refractivity contribution in [2.24, 2.45) is 0 Å². The Bertz CT molecular complexity index is 1420. The van der Waals surface area contributed by atoms with Gasteiger partial charge in [0.05, 0.1) is 10.6 Å². The molecule has 0 aliphatic rings. The summed E-state index contributed by atoms with van der Waals surface area (Å²) in [5, 5.41) is 2.92. The lowest BCUT2D eigenvalue weighted by Crippen LogP contribution is -2.54. The molecule has 0 spiro atoms. The molecule has 0 aliphatic carbocycles. The van der Waals surface area contributed by atoms with Gasteiger partial charge in [0.25, 0.3) is 10.0 Å². The lowest BCUT2D eigenvalue weighted by molar-refractivity contribution is -0.140. The third kappa shape index (κ3) is 8.40. The normalized spacial score (nSPS) is 12.5. The molecule has 1 N–H and O–H groups in total. The number of nitrogens with one attached hydrogen (secondary N) is 1. The number of rotatable bonds is 9. The molecule has 3 rings (SSSR count). The second kappa shape index (κ2) is 12.7. The maximum atomic E-state index is 13.9. The zero-order valence-corrected chi connectivity index (χ0v) is 26.6. The van der Waals surface area contributed by atoms with E-state index in [0.29, 0.717) is 10.2 Å². The average Bonchev–Trinajstić information content (AvgIpc) is 2.85. The van der Waals surface area contributed by atoms with Crippen LogP contribution in [-0.4, -0.2) is 43.3 Å². The average molecular weight is 679 g/mol. The smallest absolute Gasteiger partial charge is 0.264 e. The van der Waals surface area contributed by atoms with E-state index < -0.39 is 34.1 Å². The summed E-state index contributed by atoms with van der Waals surface area (Å²) < 4.78 is 30.4. The van der Waals surface area contributed by atoms with Crippen molar-refractivity contribution in [1.82, 2.24) is 10.2 Å². The van der Waals surface area contributed by atoms with Crippen molar-refractivity contribution in [1.29, 1.82) is 0 Å². The van der Waals surface area contributed by atoms with Crippen LogP contribution in [0.25, 0.3) is 0 Å². The molecule has 0 aromatic heterocycles. The molecule has 39 heavy (non-hydrogen) atoms. The van der Waals surface area contributed by atoms with E-state index in [1.807, 2.05) is 52.0 Å². The molecule has 3 aromatic rings. The van der Waals surface area contributed by atoms with Crippen molar-refractivity contribution < 1.29 is 18.0 Å². The van der Waals surface area contributed by atoms with Gasteiger partial charge in [-0.25, -0.2) is 8.42 Å². The second-order valence-electron chi connectivity index (χ2n) is 10.4. The SMILES string of the molecule is Cc1ccc(S(=O)(=O)N(CC(=O)N(Cc2ccc(Br)cc2)C(C)C(=O)NC(C)(C)C)c2cccc(Br)c2)cc1. The maximum absolute atomic E-state index is 13.9. The van der Waals surface area contributed by atoms with E-state index in [4.69, 9.17) is 0 Å². The number of nitrogens with zero attached hydrogens (tertiary/aromatic N) is 2. The highest BCUT2D eigenvalue weighted by molar-refractivity contribution is 9.10. The van der Waals surface area contributed by atoms with E-state index in [1.54, 1.807) is 43.3 Å². The molecule has 10 heteroatoms. The van der Waals surface area contributed by atoms with Crippen LogP contribution in [0.5, 0.6) is 0 Å². The summed E-state index contributed by atoms with van der Waals surface area (Å²) in [4.78, 5) is 28.6. The molecule has 7 nitrogen and oxygen atoms in total. The molecule has 3 aromatic carbocycles. The summed E-state index contributed by atoms with van der Waals surface area (Å²) >= 11 is 6.82. The maximum Gasteiger partial charge on any atom is 0.264 e. The topological polar surface area (TPSA) is 86.8 Å². The zero-order valence-electron chi connectivity index (χ0n) is 22.6. The first-order valence-electron chi connectivity index (χ1n) is 12.4. The van der Waals surface area contributed by atoms with Crippen LogP contribution in [0.15, 0.2) is 86.6 Å². The molecule has 208 valence electrons. The van der Waals surface area contributed by atoms with Crippen LogP contribution in [0.2, 0.25) is 0 Å². The number of halogens is 2. The molecule has 0 saturated carbocycles. The van der Waals surface area contributed by atoms with E-state index in [-0.39, 0.29) is 17.3 Å². The van der Waals surface area contributed by atoms with Gasteiger partial charge in [-0.1, -0.05) is 67.8 Å². The monoisotopic (exact) mass is 677 g/mol. The molecular formula is C29H33Br2N3O4S. The fraction of sp³-hybridized carbons (Fsp3) is 0.310. The van der Waals surface area contributed by atoms with Gasteiger partial charge >= 0.3 is 0 Å². The van der Waals surface area contributed by atoms with Gasteiger partial charge in [0, 0.05) is 21.0 Å². The first-order valence-corrected chi connectivity index (χ1v) is 15.4. The van der Waals surface area contributed by atoms with Crippen LogP contribution in [-0.2, 0) is 26.2 Å². The van der Waals surface area contributed by atoms with Gasteiger partial charge in [-0.05, 0) is 82.6 Å². The number of carbonyl (C=O) groups is 2. The second-order valence-corrected chi connectivity index (χ2v) is 14.1. The van der Waals surface area contributed by atoms with Gasteiger partial charge in [0.15, 0.2) is 0 Å². The summed E-state index contributed by atoms with van der Waals surface area (Å²) in [5.41, 5.74) is 1.54. The standard InChI is InChI=1S/C29H33Br2N3O4S/c1-20-9-15-26(16-10-20)39(37,38)34(25-8-6-7-24(31)17-25)19-27(35)33(18-22-11-13-23(30)14-12-22)21(2)28(36)32-29(3,4)5/h6-17,21H,18-19H2,1-5H3,(H,32,36). The number of amides is 2. The third-order valence-corrected chi connectivity index (χ3v) is 8.73. The third-order valence-electron chi connectivity index (χ3n) is 5.92. The number of anilines is 1. The number of hydrogen-bond donors (Lipinski definition) is 1. The minimum atomic E-state index is -4.11. The molecule has 0 bridgehead atoms. The van der Waals surface area contributed by atoms with Crippen molar-refractivity contribution in [3.05, 3.63) is 92.9 Å². The Morgan fingerprint density at radius 2 is 1.54 bits per heavy atom. The fourth-order valence-electron chi connectivity index (χ4n) is 3.84. The van der Waals surface area contributed by atoms with Crippen molar-refractivity contribution >= 4 is 59.4 Å². The first kappa shape index (κ1) is 30.8. The van der Waals surface area contributed by atoms with Gasteiger partial charge in [-0.3, -0.25) is 13.9 Å². The lowest BCUT2D eigenvalue weighted by atomic mass is 10.1. The van der Waals surface area contributed by atoms with Crippen LogP contribution < -0.4 is 9.62 Å². The highest BCUT2D eigenvalue weighted by Gasteiger charge is 2.33. The highest BCUT2D eigenvalue weighted by atomic mass is 79.9. The van der Waals surface area contributed by atoms with Gasteiger partial charge in [0.1, 0.15) is 12.6 Å². The van der Waals surface area contributed by atoms with Crippen LogP contribution in [0.4, 0.5) is 5.69 Å². The molecule has 2 amide bonds. The van der Waals surface area contributed by atoms with Crippen LogP contribution in [0, 0.1) is 6.92 Å². The Kier molecular flexibility index (Phi) is 10.0. The predicted octanol–water partition coefficient (Wildman–Crippen LogP) is 6.05. The summed E-state index contributed by atoms with van der Waals surface area (Å²) in [7, 11) is -4.11. The molecule has 0 fully saturated rings. The predicted molar refractivity (Wildman–Crippen MR) is 162 cm³/mol. The van der Waals surface area contributed by atoms with Gasteiger partial charge in [0.2, 0.25) is 11.8 Å². The fourth-order valence-corrected chi connectivity index (χ4v) is 5.90. The summed E-state index contributed by atoms with van der Waals surface area (Å²) in [6.07, 6.45) is 0. The number of hydrogen-bond acceptors (Lipinski definition) is 4. The van der Waals surface area contributed by atoms with E-state index in [0.717, 1.165) is 19.9 Å². The number of sulfonamides is 1. The molecular weight excluding hydrogens is 646 g/mol. The highest BCUT2D eigenvalue weighted by Crippen LogP contribution is 2.27. The van der Waals surface area contributed by atoms with Crippen LogP contribution >= 0.6 is 31.9 Å². The Balaban J connectivity index is 2.03. The molecule has 0 radical (unpaired) electrons. The van der Waals surface area contributed by atoms with Crippen molar-refractivity contribution in [2.75, 3.05) is 10.8 Å². The van der Waals surface area contributed by atoms with Crippen molar-refractivity contribution in [3.8, 4) is 0 Å². The molecule has 0 heterocycles. The lowest BCUT2D eigenvalue weighted by Gasteiger charge is -2.33. The largest absolute Gasteiger partial charge is 0.350 e. The molecule has 0 aliphatic heterocycles. The molecule has 1 atom stereocenters. The van der Waals surface area contributed by atoms with E-state index >= 15 is 0 Å². The van der Waals surface area contributed by atoms with Gasteiger partial charge < -0.3 is 10.2 Å². The number of carbonyl (C=O) groups excluding carboxylic acids is 2. The minimum Gasteiger partial charge on any atom is -0.350 e. The zero-order chi connectivity index (χ0) is 29.0. The van der Waals surface area contributed by atoms with Crippen LogP contribution in [0.1, 0.15) is 38.8 Å². The molecule has 1 unspecified atom stereocenters. The summed E-state index contributed by atoms with van der Waals surface area (Å²) in [6.45, 7) is 8.74. The van der Waals surface area contributed by atoms with E-state index in [9.17, 15) is 18.0 Å². The van der Waals surface area contributed by atoms with Gasteiger partial charge in [-0.15, -0.1) is 0 Å². The summed E-state index contributed by atoms with van der Waals surface area (Å²) in [6, 6.07) is 19.8. The van der Waals surface area contributed by atoms with E-state index in [1.165, 1.54) is 17.0 Å². The Morgan fingerprint density at radius 3 is 2.10 bits per heavy atom. The molecule has 0 saturated heterocycles. The minimum absolute atomic E-state index is 0.0684. The van der Waals surface area contributed by atoms with Gasteiger partial charge in [-0.2, -0.15) is 0 Å². The number of benzene rings is 3. The van der Waals surface area contributed by atoms with Crippen LogP contribution in [0.3, 0.4) is 0 Å². The van der Waals surface area contributed by atoms with E-state index in [2.05, 4.69) is 37.2 Å². The Morgan fingerprint density at radius 1 is 0.923 bits per heavy atom. The Hall–Kier alpha value is -2.69. The van der Waals surface area contributed by atoms with Crippen molar-refractivity contribution in [3.63, 3.8) is 0 Å². The first-order chi connectivity index (χ1) is 18.2. The Labute approximate surface area is 247 Å². The number of aryl methyl sites for hydroxylation is 1. The summed E-state index contributed by atoms with van der Waals surface area (Å²) in [5.74, 6) is -0.839.